The van der Waals surface area contributed by atoms with Gasteiger partial charge in [-0.25, -0.2) is 9.37 Å². The topological polar surface area (TPSA) is 63.6 Å². The van der Waals surface area contributed by atoms with E-state index in [4.69, 9.17) is 0 Å². The lowest BCUT2D eigenvalue weighted by Crippen LogP contribution is -2.12. The summed E-state index contributed by atoms with van der Waals surface area (Å²) in [5.41, 5.74) is 0.283. The molecule has 1 atom stereocenters. The number of hydrogen-bond acceptors (Lipinski definition) is 3. The molecule has 2 heterocycles. The molecule has 142 valence electrons. The number of aromatic amines is 1. The van der Waals surface area contributed by atoms with Gasteiger partial charge in [0.25, 0.3) is 5.56 Å². The zero-order valence-electron chi connectivity index (χ0n) is 14.7. The molecule has 0 amide bonds. The zero-order valence-corrected chi connectivity index (χ0v) is 14.7. The smallest absolute Gasteiger partial charge is 0.311 e. The van der Waals surface area contributed by atoms with Crippen molar-refractivity contribution in [2.24, 2.45) is 0 Å². The van der Waals surface area contributed by atoms with Gasteiger partial charge < -0.3 is 4.98 Å². The highest BCUT2D eigenvalue weighted by Crippen LogP contribution is 2.32. The second-order valence-electron chi connectivity index (χ2n) is 6.23. The molecule has 1 N–H and O–H groups in total. The van der Waals surface area contributed by atoms with E-state index in [1.54, 1.807) is 27.0 Å². The van der Waals surface area contributed by atoms with Crippen LogP contribution in [0, 0.1) is 19.7 Å². The number of rotatable bonds is 3. The summed E-state index contributed by atoms with van der Waals surface area (Å²) in [6.07, 6.45) is -3.01. The van der Waals surface area contributed by atoms with Crippen LogP contribution in [0.1, 0.15) is 35.6 Å². The van der Waals surface area contributed by atoms with E-state index in [0.29, 0.717) is 28.8 Å². The molecule has 0 aliphatic rings. The molecular weight excluding hydrogens is 364 g/mol. The fourth-order valence-electron chi connectivity index (χ4n) is 2.83. The Labute approximate surface area is 151 Å². The van der Waals surface area contributed by atoms with Gasteiger partial charge in [-0.3, -0.25) is 9.48 Å². The van der Waals surface area contributed by atoms with Gasteiger partial charge in [0.2, 0.25) is 0 Å². The summed E-state index contributed by atoms with van der Waals surface area (Å²) in [5, 5.41) is 4.31. The summed E-state index contributed by atoms with van der Waals surface area (Å²) in [6.45, 7) is 4.98. The van der Waals surface area contributed by atoms with Crippen LogP contribution in [0.3, 0.4) is 0 Å². The van der Waals surface area contributed by atoms with Crippen molar-refractivity contribution in [3.63, 3.8) is 0 Å². The number of nitrogens with zero attached hydrogens (tertiary/aromatic N) is 3. The first-order valence-electron chi connectivity index (χ1n) is 8.07. The van der Waals surface area contributed by atoms with Gasteiger partial charge in [0.1, 0.15) is 11.6 Å². The van der Waals surface area contributed by atoms with Crippen molar-refractivity contribution in [1.29, 1.82) is 0 Å². The van der Waals surface area contributed by atoms with Crippen molar-refractivity contribution in [1.82, 2.24) is 19.7 Å². The van der Waals surface area contributed by atoms with Gasteiger partial charge in [-0.1, -0.05) is 6.07 Å². The fourth-order valence-corrected chi connectivity index (χ4v) is 2.83. The highest BCUT2D eigenvalue weighted by atomic mass is 19.4. The van der Waals surface area contributed by atoms with E-state index in [-0.39, 0.29) is 11.1 Å². The molecule has 1 aromatic carbocycles. The molecule has 0 saturated heterocycles. The molecule has 0 saturated carbocycles. The van der Waals surface area contributed by atoms with Gasteiger partial charge in [0.15, 0.2) is 0 Å². The predicted molar refractivity (Wildman–Crippen MR) is 90.8 cm³/mol. The second kappa shape index (κ2) is 6.64. The number of aromatic nitrogens is 4. The van der Waals surface area contributed by atoms with Crippen LogP contribution in [-0.2, 0) is 6.18 Å². The number of nitrogens with one attached hydrogen (secondary N) is 1. The van der Waals surface area contributed by atoms with Gasteiger partial charge in [-0.2, -0.15) is 18.3 Å². The molecular formula is C18H16F4N4O. The molecule has 0 radical (unpaired) electrons. The minimum atomic E-state index is -4.61. The average Bonchev–Trinajstić information content (AvgIpc) is 2.94. The van der Waals surface area contributed by atoms with Crippen LogP contribution in [0.5, 0.6) is 0 Å². The monoisotopic (exact) mass is 380 g/mol. The first kappa shape index (κ1) is 18.8. The number of aryl methyl sites for hydroxylation is 2. The quantitative estimate of drug-likeness (QED) is 0.698. The Morgan fingerprint density at radius 2 is 1.89 bits per heavy atom. The summed E-state index contributed by atoms with van der Waals surface area (Å²) >= 11 is 0. The Morgan fingerprint density at radius 1 is 1.19 bits per heavy atom. The van der Waals surface area contributed by atoms with Crippen molar-refractivity contribution >= 4 is 0 Å². The Kier molecular flexibility index (Phi) is 4.63. The minimum absolute atomic E-state index is 0.0760. The third-order valence-corrected chi connectivity index (χ3v) is 4.23. The highest BCUT2D eigenvalue weighted by molar-refractivity contribution is 5.60. The second-order valence-corrected chi connectivity index (χ2v) is 6.23. The molecule has 0 unspecified atom stereocenters. The van der Waals surface area contributed by atoms with Crippen LogP contribution in [0.25, 0.3) is 11.3 Å². The summed E-state index contributed by atoms with van der Waals surface area (Å²) in [6, 6.07) is 3.10. The lowest BCUT2D eigenvalue weighted by molar-refractivity contribution is -0.137. The standard InChI is InChI=1S/C18H16F4N4O/c1-9-14(16-7-17(27)24-11(3)23-16)8-26(25-9)10(2)13-5-4-12(6-15(13)19)18(20,21)22/h4-8,10H,1-3H3,(H,23,24,27)/t10-/m1/s1. The molecule has 3 aromatic rings. The van der Waals surface area contributed by atoms with E-state index in [0.717, 1.165) is 12.1 Å². The lowest BCUT2D eigenvalue weighted by Gasteiger charge is -2.15. The molecule has 0 fully saturated rings. The fraction of sp³-hybridized carbons (Fsp3) is 0.278. The number of H-pyrrole nitrogens is 1. The average molecular weight is 380 g/mol. The summed E-state index contributed by atoms with van der Waals surface area (Å²) in [4.78, 5) is 18.5. The normalized spacial score (nSPS) is 13.0. The minimum Gasteiger partial charge on any atom is -0.311 e. The maximum absolute atomic E-state index is 14.3. The zero-order chi connectivity index (χ0) is 19.9. The molecule has 3 rings (SSSR count). The molecule has 0 aliphatic heterocycles. The first-order chi connectivity index (χ1) is 12.6. The Hall–Kier alpha value is -2.97. The van der Waals surface area contributed by atoms with Gasteiger partial charge in [0.05, 0.1) is 23.0 Å². The van der Waals surface area contributed by atoms with Crippen LogP contribution < -0.4 is 5.56 Å². The van der Waals surface area contributed by atoms with Gasteiger partial charge in [-0.15, -0.1) is 0 Å². The van der Waals surface area contributed by atoms with Gasteiger partial charge >= 0.3 is 6.18 Å². The van der Waals surface area contributed by atoms with E-state index in [1.807, 2.05) is 0 Å². The maximum atomic E-state index is 14.3. The van der Waals surface area contributed by atoms with E-state index in [1.165, 1.54) is 10.7 Å². The molecule has 0 aliphatic carbocycles. The van der Waals surface area contributed by atoms with Crippen molar-refractivity contribution in [2.45, 2.75) is 33.0 Å². The van der Waals surface area contributed by atoms with Crippen molar-refractivity contribution in [3.8, 4) is 11.3 Å². The van der Waals surface area contributed by atoms with Crippen molar-refractivity contribution in [2.75, 3.05) is 0 Å². The van der Waals surface area contributed by atoms with Crippen LogP contribution in [0.2, 0.25) is 0 Å². The molecule has 0 spiro atoms. The third kappa shape index (κ3) is 3.76. The number of benzene rings is 1. The number of hydrogen-bond donors (Lipinski definition) is 1. The molecule has 5 nitrogen and oxygen atoms in total. The predicted octanol–water partition coefficient (Wildman–Crippen LogP) is 4.02. The third-order valence-electron chi connectivity index (χ3n) is 4.23. The van der Waals surface area contributed by atoms with Gasteiger partial charge in [0, 0.05) is 23.4 Å². The molecule has 0 bridgehead atoms. The highest BCUT2D eigenvalue weighted by Gasteiger charge is 2.31. The Morgan fingerprint density at radius 3 is 2.48 bits per heavy atom. The Balaban J connectivity index is 1.99. The summed E-state index contributed by atoms with van der Waals surface area (Å²) in [5.74, 6) is -0.524. The van der Waals surface area contributed by atoms with Crippen molar-refractivity contribution in [3.05, 3.63) is 69.3 Å². The van der Waals surface area contributed by atoms with Crippen molar-refractivity contribution < 1.29 is 17.6 Å². The van der Waals surface area contributed by atoms with Crippen LogP contribution in [0.4, 0.5) is 17.6 Å². The largest absolute Gasteiger partial charge is 0.416 e. The van der Waals surface area contributed by atoms with E-state index in [2.05, 4.69) is 15.1 Å². The molecule has 2 aromatic heterocycles. The van der Waals surface area contributed by atoms with Crippen LogP contribution in [0.15, 0.2) is 35.3 Å². The Bertz CT molecular complexity index is 1050. The van der Waals surface area contributed by atoms with E-state index >= 15 is 0 Å². The maximum Gasteiger partial charge on any atom is 0.416 e. The summed E-state index contributed by atoms with van der Waals surface area (Å²) < 4.78 is 53.8. The van der Waals surface area contributed by atoms with E-state index < -0.39 is 23.6 Å². The SMILES string of the molecule is Cc1nc(-c2cn([C@H](C)c3ccc(C(F)(F)F)cc3F)nc2C)cc(=O)[nH]1. The van der Waals surface area contributed by atoms with Gasteiger partial charge in [-0.05, 0) is 32.9 Å². The molecule has 27 heavy (non-hydrogen) atoms. The molecule has 9 heteroatoms. The van der Waals surface area contributed by atoms with Crippen LogP contribution in [-0.4, -0.2) is 19.7 Å². The number of halogens is 4. The van der Waals surface area contributed by atoms with Crippen LogP contribution >= 0.6 is 0 Å². The number of alkyl halides is 3. The summed E-state index contributed by atoms with van der Waals surface area (Å²) in [7, 11) is 0. The van der Waals surface area contributed by atoms with E-state index in [9.17, 15) is 22.4 Å². The first-order valence-corrected chi connectivity index (χ1v) is 8.07. The lowest BCUT2D eigenvalue weighted by atomic mass is 10.0.